The van der Waals surface area contributed by atoms with Gasteiger partial charge < -0.3 is 5.32 Å². The van der Waals surface area contributed by atoms with Crippen LogP contribution in [0.2, 0.25) is 0 Å². The molecule has 5 aromatic rings. The van der Waals surface area contributed by atoms with Gasteiger partial charge in [0.25, 0.3) is 0 Å². The summed E-state index contributed by atoms with van der Waals surface area (Å²) in [5.41, 5.74) is 6.70. The first-order valence-corrected chi connectivity index (χ1v) is 12.2. The van der Waals surface area contributed by atoms with Gasteiger partial charge in [-0.15, -0.1) is 11.3 Å². The number of nitrogens with one attached hydrogen (secondary N) is 1. The number of hydrogen-bond acceptors (Lipinski definition) is 6. The summed E-state index contributed by atoms with van der Waals surface area (Å²) < 4.78 is 40.3. The van der Waals surface area contributed by atoms with Gasteiger partial charge in [-0.2, -0.15) is 0 Å². The van der Waals surface area contributed by atoms with Crippen LogP contribution in [0.15, 0.2) is 82.7 Å². The summed E-state index contributed by atoms with van der Waals surface area (Å²) in [4.78, 5) is 9.03. The van der Waals surface area contributed by atoms with E-state index in [4.69, 9.17) is 0 Å². The highest BCUT2D eigenvalue weighted by molar-refractivity contribution is 7.95. The normalized spacial score (nSPS) is 14.5. The Bertz CT molecular complexity index is 1670. The number of benzene rings is 3. The van der Waals surface area contributed by atoms with Crippen molar-refractivity contribution in [3.8, 4) is 0 Å². The third-order valence-electron chi connectivity index (χ3n) is 5.48. The number of nitrogens with zero attached hydrogens (tertiary/aromatic N) is 2. The van der Waals surface area contributed by atoms with Crippen LogP contribution in [0, 0.1) is 5.82 Å². The molecule has 3 heterocycles. The Labute approximate surface area is 186 Å². The van der Waals surface area contributed by atoms with Gasteiger partial charge in [0, 0.05) is 39.5 Å². The summed E-state index contributed by atoms with van der Waals surface area (Å²) >= 11 is 1.58. The number of pyridine rings is 1. The Hall–Kier alpha value is -3.62. The van der Waals surface area contributed by atoms with Gasteiger partial charge in [-0.25, -0.2) is 17.8 Å². The van der Waals surface area contributed by atoms with E-state index in [1.807, 2.05) is 24.3 Å². The molecule has 0 saturated carbocycles. The highest BCUT2D eigenvalue weighted by atomic mass is 32.2. The van der Waals surface area contributed by atoms with Crippen LogP contribution in [0.1, 0.15) is 11.1 Å². The van der Waals surface area contributed by atoms with E-state index in [2.05, 4.69) is 15.3 Å². The molecule has 1 aliphatic rings. The summed E-state index contributed by atoms with van der Waals surface area (Å²) in [6.07, 6.45) is 1.68. The fraction of sp³-hybridized carbons (Fsp3) is 0. The van der Waals surface area contributed by atoms with Crippen molar-refractivity contribution in [2.75, 3.05) is 5.32 Å². The summed E-state index contributed by atoms with van der Waals surface area (Å²) in [6.45, 7) is 0. The van der Waals surface area contributed by atoms with Crippen LogP contribution in [0.25, 0.3) is 26.7 Å². The summed E-state index contributed by atoms with van der Waals surface area (Å²) in [5, 5.41) is 5.31. The molecule has 0 unspecified atom stereocenters. The predicted molar refractivity (Wildman–Crippen MR) is 125 cm³/mol. The van der Waals surface area contributed by atoms with Crippen LogP contribution in [0.5, 0.6) is 0 Å². The van der Waals surface area contributed by atoms with Gasteiger partial charge in [0.2, 0.25) is 9.84 Å². The standard InChI is InChI=1S/C24H14FN3O2S2/c25-15-3-1-14(2-4-15)19-12-32(29,30)24-11-18-20(7-8-26-21(18)10-17(19)24)28-16-5-6-23-22(9-16)27-13-31-23/h1-13H,(H,26,28). The Morgan fingerprint density at radius 2 is 1.75 bits per heavy atom. The van der Waals surface area contributed by atoms with E-state index >= 15 is 0 Å². The van der Waals surface area contributed by atoms with Crippen molar-refractivity contribution in [1.82, 2.24) is 9.97 Å². The van der Waals surface area contributed by atoms with Crippen LogP contribution in [0.3, 0.4) is 0 Å². The summed E-state index contributed by atoms with van der Waals surface area (Å²) in [7, 11) is -3.64. The molecule has 1 N–H and O–H groups in total. The Morgan fingerprint density at radius 1 is 0.906 bits per heavy atom. The number of rotatable bonds is 3. The molecule has 0 amide bonds. The first-order chi connectivity index (χ1) is 15.5. The second kappa shape index (κ2) is 6.94. The Morgan fingerprint density at radius 3 is 2.59 bits per heavy atom. The van der Waals surface area contributed by atoms with Gasteiger partial charge in [-0.1, -0.05) is 12.1 Å². The third-order valence-corrected chi connectivity index (χ3v) is 7.78. The van der Waals surface area contributed by atoms with Crippen LogP contribution in [-0.4, -0.2) is 18.4 Å². The monoisotopic (exact) mass is 459 g/mol. The minimum atomic E-state index is -3.64. The number of hydrogen-bond donors (Lipinski definition) is 1. The zero-order chi connectivity index (χ0) is 21.9. The van der Waals surface area contributed by atoms with E-state index in [9.17, 15) is 12.8 Å². The van der Waals surface area contributed by atoms with Gasteiger partial charge in [0.1, 0.15) is 5.82 Å². The zero-order valence-electron chi connectivity index (χ0n) is 16.4. The van der Waals surface area contributed by atoms with Crippen LogP contribution in [-0.2, 0) is 9.84 Å². The van der Waals surface area contributed by atoms with E-state index in [0.29, 0.717) is 27.6 Å². The second-order valence-corrected chi connectivity index (χ2v) is 10.1. The lowest BCUT2D eigenvalue weighted by molar-refractivity contribution is 0.605. The largest absolute Gasteiger partial charge is 0.355 e. The first-order valence-electron chi connectivity index (χ1n) is 9.74. The van der Waals surface area contributed by atoms with E-state index in [-0.39, 0.29) is 10.7 Å². The SMILES string of the molecule is O=S1(=O)C=C(c2ccc(F)cc2)c2cc3nccc(Nc4ccc5scnc5c4)c3cc21. The average Bonchev–Trinajstić information content (AvgIpc) is 3.35. The number of thiazole rings is 1. The lowest BCUT2D eigenvalue weighted by atomic mass is 9.98. The van der Waals surface area contributed by atoms with Gasteiger partial charge in [-0.05, 0) is 54.1 Å². The number of halogens is 1. The van der Waals surface area contributed by atoms with Gasteiger partial charge >= 0.3 is 0 Å². The minimum Gasteiger partial charge on any atom is -0.355 e. The van der Waals surface area contributed by atoms with Crippen molar-refractivity contribution < 1.29 is 12.8 Å². The number of anilines is 2. The van der Waals surface area contributed by atoms with Gasteiger partial charge in [-0.3, -0.25) is 4.98 Å². The highest BCUT2D eigenvalue weighted by Gasteiger charge is 2.29. The van der Waals surface area contributed by atoms with Crippen molar-refractivity contribution in [3.63, 3.8) is 0 Å². The number of fused-ring (bicyclic) bond motifs is 3. The Kier molecular flexibility index (Phi) is 4.14. The molecule has 8 heteroatoms. The summed E-state index contributed by atoms with van der Waals surface area (Å²) in [6, 6.07) is 17.0. The van der Waals surface area contributed by atoms with Crippen molar-refractivity contribution in [1.29, 1.82) is 0 Å². The molecule has 6 rings (SSSR count). The lowest BCUT2D eigenvalue weighted by Gasteiger charge is -2.12. The predicted octanol–water partition coefficient (Wildman–Crippen LogP) is 5.90. The van der Waals surface area contributed by atoms with E-state index in [0.717, 1.165) is 21.6 Å². The molecule has 0 bridgehead atoms. The molecule has 1 aliphatic heterocycles. The van der Waals surface area contributed by atoms with Crippen molar-refractivity contribution in [2.45, 2.75) is 4.90 Å². The maximum absolute atomic E-state index is 13.4. The molecular weight excluding hydrogens is 445 g/mol. The molecule has 3 aromatic carbocycles. The van der Waals surface area contributed by atoms with Crippen molar-refractivity contribution in [3.05, 3.63) is 94.7 Å². The highest BCUT2D eigenvalue weighted by Crippen LogP contribution is 2.41. The molecule has 0 saturated heterocycles. The van der Waals surface area contributed by atoms with Crippen LogP contribution < -0.4 is 5.32 Å². The van der Waals surface area contributed by atoms with Gasteiger partial charge in [0.15, 0.2) is 0 Å². The van der Waals surface area contributed by atoms with Crippen molar-refractivity contribution >= 4 is 59.2 Å². The van der Waals surface area contributed by atoms with Crippen LogP contribution in [0.4, 0.5) is 15.8 Å². The molecule has 0 spiro atoms. The zero-order valence-corrected chi connectivity index (χ0v) is 18.0. The Balaban J connectivity index is 1.48. The fourth-order valence-corrected chi connectivity index (χ4v) is 6.07. The van der Waals surface area contributed by atoms with E-state index in [1.165, 1.54) is 17.5 Å². The average molecular weight is 460 g/mol. The molecule has 2 aromatic heterocycles. The van der Waals surface area contributed by atoms with E-state index in [1.54, 1.807) is 47.3 Å². The minimum absolute atomic E-state index is 0.218. The van der Waals surface area contributed by atoms with Gasteiger partial charge in [0.05, 0.1) is 26.1 Å². The maximum atomic E-state index is 13.4. The van der Waals surface area contributed by atoms with Crippen molar-refractivity contribution in [2.24, 2.45) is 0 Å². The molecule has 0 atom stereocenters. The molecule has 0 fully saturated rings. The third kappa shape index (κ3) is 3.07. The number of aromatic nitrogens is 2. The maximum Gasteiger partial charge on any atom is 0.201 e. The summed E-state index contributed by atoms with van der Waals surface area (Å²) in [5.74, 6) is -0.373. The molecule has 0 aliphatic carbocycles. The first kappa shape index (κ1) is 19.1. The quantitative estimate of drug-likeness (QED) is 0.363. The second-order valence-electron chi connectivity index (χ2n) is 7.47. The molecule has 0 radical (unpaired) electrons. The number of sulfone groups is 1. The fourth-order valence-electron chi connectivity index (χ4n) is 3.95. The molecule has 32 heavy (non-hydrogen) atoms. The van der Waals surface area contributed by atoms with E-state index < -0.39 is 9.84 Å². The lowest BCUT2D eigenvalue weighted by Crippen LogP contribution is -1.97. The molecule has 156 valence electrons. The van der Waals surface area contributed by atoms with Crippen LogP contribution >= 0.6 is 11.3 Å². The topological polar surface area (TPSA) is 72.0 Å². The molecular formula is C24H14FN3O2S2. The smallest absolute Gasteiger partial charge is 0.201 e. The molecule has 5 nitrogen and oxygen atoms in total.